The van der Waals surface area contributed by atoms with Crippen LogP contribution in [-0.2, 0) is 11.3 Å². The van der Waals surface area contributed by atoms with Crippen LogP contribution in [-0.4, -0.2) is 34.3 Å². The number of anilines is 1. The first kappa shape index (κ1) is 12.5. The van der Waals surface area contributed by atoms with E-state index in [1.807, 2.05) is 6.92 Å². The quantitative estimate of drug-likeness (QED) is 0.759. The predicted octanol–water partition coefficient (Wildman–Crippen LogP) is 0.675. The first-order chi connectivity index (χ1) is 9.00. The molecule has 1 fully saturated rings. The van der Waals surface area contributed by atoms with Crippen LogP contribution >= 0.6 is 11.6 Å². The third-order valence-electron chi connectivity index (χ3n) is 3.67. The van der Waals surface area contributed by atoms with Crippen molar-refractivity contribution in [1.29, 1.82) is 0 Å². The molecule has 19 heavy (non-hydrogen) atoms. The van der Waals surface area contributed by atoms with Gasteiger partial charge >= 0.3 is 0 Å². The molecular formula is C12H14ClN3O3. The molecule has 0 aliphatic carbocycles. The largest absolute Gasteiger partial charge is 0.394 e. The van der Waals surface area contributed by atoms with E-state index in [0.717, 1.165) is 6.42 Å². The summed E-state index contributed by atoms with van der Waals surface area (Å²) in [6.07, 6.45) is 1.92. The molecule has 1 amide bonds. The third kappa shape index (κ3) is 1.74. The van der Waals surface area contributed by atoms with Gasteiger partial charge in [0.25, 0.3) is 5.91 Å². The van der Waals surface area contributed by atoms with Gasteiger partial charge in [0, 0.05) is 12.2 Å². The summed E-state index contributed by atoms with van der Waals surface area (Å²) < 4.78 is 7.22. The number of hydrogen-bond donors (Lipinski definition) is 1. The number of nitrogens with zero attached hydrogens (tertiary/aromatic N) is 2. The van der Waals surface area contributed by atoms with Crippen molar-refractivity contribution < 1.29 is 9.53 Å². The first-order valence-electron chi connectivity index (χ1n) is 6.13. The summed E-state index contributed by atoms with van der Waals surface area (Å²) in [6, 6.07) is 0.0729. The maximum absolute atomic E-state index is 12.5. The Morgan fingerprint density at radius 2 is 2.21 bits per heavy atom. The molecule has 1 aromatic heterocycles. The Morgan fingerprint density at radius 1 is 1.47 bits per heavy atom. The minimum Gasteiger partial charge on any atom is -0.394 e. The van der Waals surface area contributed by atoms with E-state index in [4.69, 9.17) is 22.1 Å². The summed E-state index contributed by atoms with van der Waals surface area (Å²) in [6.45, 7) is 3.02. The van der Waals surface area contributed by atoms with E-state index >= 15 is 0 Å². The highest BCUT2D eigenvalue weighted by Gasteiger charge is 2.40. The molecule has 0 unspecified atom stereocenters. The van der Waals surface area contributed by atoms with Crippen LogP contribution in [0.1, 0.15) is 23.8 Å². The average molecular weight is 284 g/mol. The second-order valence-corrected chi connectivity index (χ2v) is 5.28. The lowest BCUT2D eigenvalue weighted by Gasteiger charge is -2.44. The standard InChI is InChI=1S/C12H14ClN3O3/c1-6-2-3-19-8-5-15-4-7(14)11(17)9(13)10(15)12(18)16(6)8/h4,6,8H,2-3,5,14H2,1H3/t6-,8+/m1/s1. The molecule has 0 saturated carbocycles. The van der Waals surface area contributed by atoms with Gasteiger partial charge in [0.2, 0.25) is 5.43 Å². The van der Waals surface area contributed by atoms with Crippen LogP contribution in [0.15, 0.2) is 11.0 Å². The van der Waals surface area contributed by atoms with Gasteiger partial charge in [-0.15, -0.1) is 0 Å². The molecule has 7 heteroatoms. The zero-order valence-electron chi connectivity index (χ0n) is 10.4. The van der Waals surface area contributed by atoms with Crippen molar-refractivity contribution in [3.8, 4) is 0 Å². The van der Waals surface area contributed by atoms with Crippen molar-refractivity contribution in [1.82, 2.24) is 9.47 Å². The van der Waals surface area contributed by atoms with Crippen LogP contribution in [0.4, 0.5) is 5.69 Å². The van der Waals surface area contributed by atoms with Crippen molar-refractivity contribution in [3.05, 3.63) is 27.1 Å². The molecule has 102 valence electrons. The van der Waals surface area contributed by atoms with E-state index in [1.165, 1.54) is 6.20 Å². The van der Waals surface area contributed by atoms with Gasteiger partial charge < -0.3 is 19.9 Å². The summed E-state index contributed by atoms with van der Waals surface area (Å²) in [5.74, 6) is -0.273. The van der Waals surface area contributed by atoms with E-state index in [1.54, 1.807) is 9.47 Å². The molecule has 0 spiro atoms. The molecule has 6 nitrogen and oxygen atoms in total. The van der Waals surface area contributed by atoms with Gasteiger partial charge in [-0.3, -0.25) is 9.59 Å². The average Bonchev–Trinajstić information content (AvgIpc) is 2.35. The molecule has 0 radical (unpaired) electrons. The van der Waals surface area contributed by atoms with E-state index in [9.17, 15) is 9.59 Å². The zero-order valence-corrected chi connectivity index (χ0v) is 11.2. The Morgan fingerprint density at radius 3 is 2.95 bits per heavy atom. The number of aromatic nitrogens is 1. The van der Waals surface area contributed by atoms with Crippen molar-refractivity contribution in [2.75, 3.05) is 12.3 Å². The number of carbonyl (C=O) groups excluding carboxylic acids is 1. The van der Waals surface area contributed by atoms with Crippen LogP contribution in [0.2, 0.25) is 5.02 Å². The highest BCUT2D eigenvalue weighted by Crippen LogP contribution is 2.28. The number of amides is 1. The second-order valence-electron chi connectivity index (χ2n) is 4.90. The fourth-order valence-electron chi connectivity index (χ4n) is 2.65. The number of halogens is 1. The van der Waals surface area contributed by atoms with Gasteiger partial charge in [-0.25, -0.2) is 0 Å². The third-order valence-corrected chi connectivity index (χ3v) is 4.02. The van der Waals surface area contributed by atoms with Gasteiger partial charge in [0.15, 0.2) is 6.23 Å². The minimum atomic E-state index is -0.495. The van der Waals surface area contributed by atoms with E-state index < -0.39 is 5.43 Å². The fourth-order valence-corrected chi connectivity index (χ4v) is 2.95. The van der Waals surface area contributed by atoms with Gasteiger partial charge in [0.1, 0.15) is 10.7 Å². The molecule has 2 N–H and O–H groups in total. The number of ether oxygens (including phenoxy) is 1. The van der Waals surface area contributed by atoms with Gasteiger partial charge in [-0.05, 0) is 13.3 Å². The molecule has 1 saturated heterocycles. The number of hydrogen-bond acceptors (Lipinski definition) is 4. The smallest absolute Gasteiger partial charge is 0.274 e. The van der Waals surface area contributed by atoms with E-state index in [-0.39, 0.29) is 34.6 Å². The topological polar surface area (TPSA) is 77.6 Å². The lowest BCUT2D eigenvalue weighted by molar-refractivity contribution is -0.112. The molecule has 2 aliphatic heterocycles. The highest BCUT2D eigenvalue weighted by atomic mass is 35.5. The maximum atomic E-state index is 12.5. The Hall–Kier alpha value is -1.53. The molecule has 3 heterocycles. The van der Waals surface area contributed by atoms with Crippen LogP contribution in [0.3, 0.4) is 0 Å². The predicted molar refractivity (Wildman–Crippen MR) is 70.1 cm³/mol. The van der Waals surface area contributed by atoms with Crippen LogP contribution in [0, 0.1) is 0 Å². The van der Waals surface area contributed by atoms with Crippen molar-refractivity contribution in [3.63, 3.8) is 0 Å². The number of rotatable bonds is 0. The molecule has 3 rings (SSSR count). The SMILES string of the molecule is C[C@@H]1CCO[C@H]2Cn3cc(N)c(=O)c(Cl)c3C(=O)N12. The lowest BCUT2D eigenvalue weighted by atomic mass is 10.1. The zero-order chi connectivity index (χ0) is 13.7. The summed E-state index contributed by atoms with van der Waals surface area (Å²) in [4.78, 5) is 25.9. The van der Waals surface area contributed by atoms with E-state index in [2.05, 4.69) is 0 Å². The Kier molecular flexibility index (Phi) is 2.79. The first-order valence-corrected chi connectivity index (χ1v) is 6.51. The van der Waals surface area contributed by atoms with Crippen molar-refractivity contribution in [2.24, 2.45) is 0 Å². The minimum absolute atomic E-state index is 0.0406. The Labute approximate surface area is 114 Å². The number of carbonyl (C=O) groups is 1. The Balaban J connectivity index is 2.16. The number of nitrogens with two attached hydrogens (primary N) is 1. The molecule has 0 aromatic carbocycles. The monoisotopic (exact) mass is 283 g/mol. The molecular weight excluding hydrogens is 270 g/mol. The molecule has 2 aliphatic rings. The van der Waals surface area contributed by atoms with Crippen LogP contribution < -0.4 is 11.2 Å². The summed E-state index contributed by atoms with van der Waals surface area (Å²) in [7, 11) is 0. The van der Waals surface area contributed by atoms with Crippen LogP contribution in [0.25, 0.3) is 0 Å². The summed E-state index contributed by atoms with van der Waals surface area (Å²) in [5, 5.41) is -0.110. The maximum Gasteiger partial charge on any atom is 0.274 e. The van der Waals surface area contributed by atoms with Crippen molar-refractivity contribution >= 4 is 23.2 Å². The Bertz CT molecular complexity index is 613. The van der Waals surface area contributed by atoms with Gasteiger partial charge in [0.05, 0.1) is 18.8 Å². The van der Waals surface area contributed by atoms with Gasteiger partial charge in [-0.1, -0.05) is 11.6 Å². The van der Waals surface area contributed by atoms with Gasteiger partial charge in [-0.2, -0.15) is 0 Å². The number of nitrogen functional groups attached to an aromatic ring is 1. The molecule has 0 bridgehead atoms. The summed E-state index contributed by atoms with van der Waals surface area (Å²) >= 11 is 5.99. The number of fused-ring (bicyclic) bond motifs is 2. The lowest BCUT2D eigenvalue weighted by Crippen LogP contribution is -2.57. The van der Waals surface area contributed by atoms with Crippen LogP contribution in [0.5, 0.6) is 0 Å². The van der Waals surface area contributed by atoms with E-state index in [0.29, 0.717) is 13.2 Å². The molecule has 2 atom stereocenters. The normalized spacial score (nSPS) is 26.0. The second kappa shape index (κ2) is 4.25. The highest BCUT2D eigenvalue weighted by molar-refractivity contribution is 6.33. The van der Waals surface area contributed by atoms with Crippen molar-refractivity contribution in [2.45, 2.75) is 32.2 Å². The fraction of sp³-hybridized carbons (Fsp3) is 0.500. The number of pyridine rings is 1. The summed E-state index contributed by atoms with van der Waals surface area (Å²) in [5.41, 5.74) is 5.35. The molecule has 1 aromatic rings.